The van der Waals surface area contributed by atoms with Crippen molar-refractivity contribution in [3.8, 4) is 5.69 Å². The summed E-state index contributed by atoms with van der Waals surface area (Å²) in [5.74, 6) is 0. The second kappa shape index (κ2) is 5.03. The van der Waals surface area contributed by atoms with Gasteiger partial charge in [0, 0.05) is 28.9 Å². The summed E-state index contributed by atoms with van der Waals surface area (Å²) in [6, 6.07) is 6.55. The highest BCUT2D eigenvalue weighted by molar-refractivity contribution is 9.10. The third kappa shape index (κ3) is 2.76. The number of benzene rings is 1. The van der Waals surface area contributed by atoms with Gasteiger partial charge >= 0.3 is 0 Å². The Morgan fingerprint density at radius 3 is 3.00 bits per heavy atom. The van der Waals surface area contributed by atoms with Crippen LogP contribution in [0.3, 0.4) is 0 Å². The number of nitrogens with one attached hydrogen (secondary N) is 1. The summed E-state index contributed by atoms with van der Waals surface area (Å²) < 4.78 is 2.90. The molecule has 94 valence electrons. The average Bonchev–Trinajstić information content (AvgIpc) is 3.08. The molecule has 2 aromatic rings. The van der Waals surface area contributed by atoms with Crippen molar-refractivity contribution in [1.29, 1.82) is 0 Å². The van der Waals surface area contributed by atoms with Crippen molar-refractivity contribution in [2.45, 2.75) is 25.4 Å². The number of imidazole rings is 1. The molecule has 0 atom stereocenters. The van der Waals surface area contributed by atoms with Gasteiger partial charge in [-0.2, -0.15) is 0 Å². The van der Waals surface area contributed by atoms with Gasteiger partial charge in [0.1, 0.15) is 0 Å². The van der Waals surface area contributed by atoms with Crippen LogP contribution in [0.5, 0.6) is 0 Å². The van der Waals surface area contributed by atoms with Crippen LogP contribution in [-0.2, 0) is 6.54 Å². The molecule has 0 unspecified atom stereocenters. The first-order valence-electron chi connectivity index (χ1n) is 5.94. The quantitative estimate of drug-likeness (QED) is 0.931. The maximum absolute atomic E-state index is 5.98. The summed E-state index contributed by atoms with van der Waals surface area (Å²) in [4.78, 5) is 4.40. The predicted molar refractivity (Wildman–Crippen MR) is 76.1 cm³/mol. The van der Waals surface area contributed by atoms with Crippen molar-refractivity contribution in [3.63, 3.8) is 0 Å². The van der Waals surface area contributed by atoms with Gasteiger partial charge in [0.05, 0.1) is 17.0 Å². The molecule has 0 saturated heterocycles. The van der Waals surface area contributed by atoms with Gasteiger partial charge < -0.3 is 9.88 Å². The largest absolute Gasteiger partial charge is 0.308 e. The topological polar surface area (TPSA) is 29.9 Å². The number of halogens is 2. The fourth-order valence-corrected chi connectivity index (χ4v) is 2.26. The summed E-state index contributed by atoms with van der Waals surface area (Å²) in [6.45, 7) is 0.840. The molecule has 1 heterocycles. The van der Waals surface area contributed by atoms with E-state index in [2.05, 4.69) is 26.2 Å². The van der Waals surface area contributed by atoms with Gasteiger partial charge in [0.25, 0.3) is 0 Å². The molecule has 0 amide bonds. The predicted octanol–water partition coefficient (Wildman–Crippen LogP) is 3.54. The first-order valence-corrected chi connectivity index (χ1v) is 7.11. The zero-order chi connectivity index (χ0) is 12.5. The molecular formula is C13H13BrClN3. The lowest BCUT2D eigenvalue weighted by Crippen LogP contribution is -2.15. The number of nitrogens with zero attached hydrogens (tertiary/aromatic N) is 2. The minimum absolute atomic E-state index is 0.708. The molecular weight excluding hydrogens is 314 g/mol. The van der Waals surface area contributed by atoms with E-state index in [9.17, 15) is 0 Å². The van der Waals surface area contributed by atoms with E-state index < -0.39 is 0 Å². The normalized spacial score (nSPS) is 15.0. The van der Waals surface area contributed by atoms with Gasteiger partial charge in [-0.1, -0.05) is 11.6 Å². The smallest absolute Gasteiger partial charge is 0.0995 e. The highest BCUT2D eigenvalue weighted by atomic mass is 79.9. The van der Waals surface area contributed by atoms with Crippen LogP contribution in [0.2, 0.25) is 5.02 Å². The minimum atomic E-state index is 0.708. The van der Waals surface area contributed by atoms with Crippen LogP contribution in [0.15, 0.2) is 35.2 Å². The Balaban J connectivity index is 1.76. The second-order valence-electron chi connectivity index (χ2n) is 4.53. The lowest BCUT2D eigenvalue weighted by molar-refractivity contribution is 0.677. The molecule has 1 saturated carbocycles. The summed E-state index contributed by atoms with van der Waals surface area (Å²) in [5.41, 5.74) is 2.12. The maximum atomic E-state index is 5.98. The Kier molecular flexibility index (Phi) is 3.41. The number of hydrogen-bond acceptors (Lipinski definition) is 2. The van der Waals surface area contributed by atoms with E-state index in [0.29, 0.717) is 6.04 Å². The van der Waals surface area contributed by atoms with Gasteiger partial charge in [-0.25, -0.2) is 4.98 Å². The first kappa shape index (κ1) is 12.2. The lowest BCUT2D eigenvalue weighted by atomic mass is 10.3. The van der Waals surface area contributed by atoms with Gasteiger partial charge in [-0.3, -0.25) is 0 Å². The van der Waals surface area contributed by atoms with Crippen LogP contribution in [0.4, 0.5) is 0 Å². The fraction of sp³-hybridized carbons (Fsp3) is 0.308. The molecule has 5 heteroatoms. The van der Waals surface area contributed by atoms with Gasteiger partial charge in [0.15, 0.2) is 0 Å². The van der Waals surface area contributed by atoms with Crippen LogP contribution in [-0.4, -0.2) is 15.6 Å². The van der Waals surface area contributed by atoms with Crippen molar-refractivity contribution in [1.82, 2.24) is 14.9 Å². The molecule has 0 radical (unpaired) electrons. The average molecular weight is 327 g/mol. The molecule has 18 heavy (non-hydrogen) atoms. The zero-order valence-electron chi connectivity index (χ0n) is 9.74. The van der Waals surface area contributed by atoms with Crippen LogP contribution >= 0.6 is 27.5 Å². The molecule has 0 aliphatic heterocycles. The molecule has 1 aliphatic rings. The Morgan fingerprint density at radius 1 is 1.44 bits per heavy atom. The zero-order valence-corrected chi connectivity index (χ0v) is 12.1. The summed E-state index contributed by atoms with van der Waals surface area (Å²) in [6.07, 6.45) is 6.47. The number of aromatic nitrogens is 2. The minimum Gasteiger partial charge on any atom is -0.308 e. The maximum Gasteiger partial charge on any atom is 0.0995 e. The number of rotatable bonds is 4. The third-order valence-electron chi connectivity index (χ3n) is 2.99. The molecule has 1 aromatic carbocycles. The third-order valence-corrected chi connectivity index (χ3v) is 4.20. The number of hydrogen-bond donors (Lipinski definition) is 1. The summed E-state index contributed by atoms with van der Waals surface area (Å²) in [5, 5.41) is 4.17. The molecule has 1 N–H and O–H groups in total. The molecule has 1 aromatic heterocycles. The van der Waals surface area contributed by atoms with Crippen LogP contribution in [0.25, 0.3) is 5.69 Å². The molecule has 0 bridgehead atoms. The Bertz CT molecular complexity index is 563. The first-order chi connectivity index (χ1) is 8.72. The van der Waals surface area contributed by atoms with E-state index >= 15 is 0 Å². The van der Waals surface area contributed by atoms with E-state index in [1.54, 1.807) is 0 Å². The van der Waals surface area contributed by atoms with E-state index in [-0.39, 0.29) is 0 Å². The molecule has 1 fully saturated rings. The summed E-state index contributed by atoms with van der Waals surface area (Å²) >= 11 is 9.41. The SMILES string of the molecule is Clc1ccc(-n2cnc(CNC3CC3)c2)cc1Br. The monoisotopic (exact) mass is 325 g/mol. The standard InChI is InChI=1S/C13H13BrClN3/c14-12-5-11(3-4-13(12)15)18-7-10(17-8-18)6-16-9-1-2-9/h3-5,7-9,16H,1-2,6H2. The van der Waals surface area contributed by atoms with E-state index in [4.69, 9.17) is 11.6 Å². The van der Waals surface area contributed by atoms with Crippen molar-refractivity contribution in [2.75, 3.05) is 0 Å². The highest BCUT2D eigenvalue weighted by Gasteiger charge is 2.20. The van der Waals surface area contributed by atoms with Crippen molar-refractivity contribution < 1.29 is 0 Å². The molecule has 3 rings (SSSR count). The van der Waals surface area contributed by atoms with Crippen molar-refractivity contribution in [2.24, 2.45) is 0 Å². The second-order valence-corrected chi connectivity index (χ2v) is 5.79. The molecule has 3 nitrogen and oxygen atoms in total. The van der Waals surface area contributed by atoms with E-state index in [1.165, 1.54) is 12.8 Å². The van der Waals surface area contributed by atoms with Crippen LogP contribution < -0.4 is 5.32 Å². The molecule has 1 aliphatic carbocycles. The van der Waals surface area contributed by atoms with Gasteiger partial charge in [-0.15, -0.1) is 0 Å². The van der Waals surface area contributed by atoms with E-state index in [1.807, 2.05) is 35.3 Å². The molecule has 0 spiro atoms. The highest BCUT2D eigenvalue weighted by Crippen LogP contribution is 2.25. The summed E-state index contributed by atoms with van der Waals surface area (Å²) in [7, 11) is 0. The Morgan fingerprint density at radius 2 is 2.28 bits per heavy atom. The van der Waals surface area contributed by atoms with E-state index in [0.717, 1.165) is 27.4 Å². The van der Waals surface area contributed by atoms with Gasteiger partial charge in [0.2, 0.25) is 0 Å². The van der Waals surface area contributed by atoms with Crippen LogP contribution in [0.1, 0.15) is 18.5 Å². The lowest BCUT2D eigenvalue weighted by Gasteiger charge is -2.03. The van der Waals surface area contributed by atoms with Crippen molar-refractivity contribution >= 4 is 27.5 Å². The van der Waals surface area contributed by atoms with Gasteiger partial charge in [-0.05, 0) is 47.0 Å². The van der Waals surface area contributed by atoms with Crippen molar-refractivity contribution in [3.05, 3.63) is 45.9 Å². The Hall–Kier alpha value is -0.840. The fourth-order valence-electron chi connectivity index (χ4n) is 1.78. The van der Waals surface area contributed by atoms with Crippen LogP contribution in [0, 0.1) is 0 Å². The Labute approximate surface area is 119 Å².